The van der Waals surface area contributed by atoms with Gasteiger partial charge in [0.25, 0.3) is 0 Å². The van der Waals surface area contributed by atoms with Crippen molar-refractivity contribution in [3.63, 3.8) is 0 Å². The highest BCUT2D eigenvalue weighted by atomic mass is 15.1. The third-order valence-electron chi connectivity index (χ3n) is 3.34. The molecule has 0 radical (unpaired) electrons. The minimum Gasteiger partial charge on any atom is -0.370 e. The number of aromatic nitrogens is 2. The van der Waals surface area contributed by atoms with Gasteiger partial charge in [-0.2, -0.15) is 0 Å². The van der Waals surface area contributed by atoms with Crippen LogP contribution in [0.1, 0.15) is 65.3 Å². The van der Waals surface area contributed by atoms with Gasteiger partial charge in [-0.25, -0.2) is 9.97 Å². The average molecular weight is 278 g/mol. The van der Waals surface area contributed by atoms with Gasteiger partial charge in [0.1, 0.15) is 17.5 Å². The van der Waals surface area contributed by atoms with Crippen molar-refractivity contribution in [2.24, 2.45) is 0 Å². The van der Waals surface area contributed by atoms with Crippen LogP contribution in [0.4, 0.5) is 11.6 Å². The Morgan fingerprint density at radius 3 is 2.20 bits per heavy atom. The predicted octanol–water partition coefficient (Wildman–Crippen LogP) is 4.16. The normalized spacial score (nSPS) is 11.5. The second-order valence-electron chi connectivity index (χ2n) is 6.00. The highest BCUT2D eigenvalue weighted by molar-refractivity contribution is 5.58. The summed E-state index contributed by atoms with van der Waals surface area (Å²) in [5.41, 5.74) is 1.16. The second kappa shape index (κ2) is 7.46. The van der Waals surface area contributed by atoms with E-state index < -0.39 is 0 Å². The summed E-state index contributed by atoms with van der Waals surface area (Å²) >= 11 is 0. The number of nitrogens with zero attached hydrogens (tertiary/aromatic N) is 2. The molecule has 0 saturated heterocycles. The van der Waals surface area contributed by atoms with Crippen LogP contribution in [0.2, 0.25) is 0 Å². The first kappa shape index (κ1) is 16.7. The molecular formula is C16H30N4. The summed E-state index contributed by atoms with van der Waals surface area (Å²) in [5, 5.41) is 6.94. The minimum absolute atomic E-state index is 0.0564. The highest BCUT2D eigenvalue weighted by Gasteiger charge is 2.19. The van der Waals surface area contributed by atoms with Crippen LogP contribution in [0.5, 0.6) is 0 Å². The van der Waals surface area contributed by atoms with Crippen LogP contribution < -0.4 is 10.6 Å². The Bertz CT molecular complexity index is 427. The van der Waals surface area contributed by atoms with E-state index in [9.17, 15) is 0 Å². The van der Waals surface area contributed by atoms with Crippen molar-refractivity contribution in [2.45, 2.75) is 72.8 Å². The zero-order valence-electron chi connectivity index (χ0n) is 13.9. The fourth-order valence-electron chi connectivity index (χ4n) is 2.37. The highest BCUT2D eigenvalue weighted by Crippen LogP contribution is 2.25. The zero-order chi connectivity index (χ0) is 15.2. The Balaban J connectivity index is 3.09. The standard InChI is InChI=1S/C16H30N4/c1-7-10-13-18-14(17-9-3)12(4)15(19-13)20-16(5,6)11-8-2/h7-11H2,1-6H3,(H2,17,18,19,20). The molecule has 4 heteroatoms. The second-order valence-corrected chi connectivity index (χ2v) is 6.00. The summed E-state index contributed by atoms with van der Waals surface area (Å²) in [6.45, 7) is 13.9. The molecule has 114 valence electrons. The molecule has 4 nitrogen and oxygen atoms in total. The number of hydrogen-bond donors (Lipinski definition) is 2. The Labute approximate surface area is 123 Å². The lowest BCUT2D eigenvalue weighted by Gasteiger charge is -2.28. The zero-order valence-corrected chi connectivity index (χ0v) is 13.9. The third kappa shape index (κ3) is 4.66. The summed E-state index contributed by atoms with van der Waals surface area (Å²) < 4.78 is 0. The van der Waals surface area contributed by atoms with Crippen LogP contribution in [0.3, 0.4) is 0 Å². The van der Waals surface area contributed by atoms with Crippen molar-refractivity contribution in [1.29, 1.82) is 0 Å². The maximum atomic E-state index is 4.71. The summed E-state index contributed by atoms with van der Waals surface area (Å²) in [6.07, 6.45) is 4.26. The number of nitrogens with one attached hydrogen (secondary N) is 2. The quantitative estimate of drug-likeness (QED) is 0.749. The molecule has 0 amide bonds. The summed E-state index contributed by atoms with van der Waals surface area (Å²) in [6, 6.07) is 0. The van der Waals surface area contributed by atoms with Gasteiger partial charge in [-0.15, -0.1) is 0 Å². The largest absolute Gasteiger partial charge is 0.370 e. The van der Waals surface area contributed by atoms with E-state index in [1.807, 2.05) is 0 Å². The van der Waals surface area contributed by atoms with E-state index in [1.54, 1.807) is 0 Å². The lowest BCUT2D eigenvalue weighted by atomic mass is 9.99. The van der Waals surface area contributed by atoms with Gasteiger partial charge in [0.15, 0.2) is 0 Å². The van der Waals surface area contributed by atoms with Crippen LogP contribution >= 0.6 is 0 Å². The van der Waals surface area contributed by atoms with Crippen molar-refractivity contribution in [1.82, 2.24) is 9.97 Å². The molecule has 1 rings (SSSR count). The van der Waals surface area contributed by atoms with Gasteiger partial charge in [0.05, 0.1) is 0 Å². The molecule has 0 saturated carbocycles. The number of rotatable bonds is 8. The van der Waals surface area contributed by atoms with Crippen LogP contribution in [-0.2, 0) is 6.42 Å². The molecule has 0 aromatic carbocycles. The Morgan fingerprint density at radius 2 is 1.65 bits per heavy atom. The first-order valence-corrected chi connectivity index (χ1v) is 7.83. The molecule has 1 aromatic heterocycles. The molecular weight excluding hydrogens is 248 g/mol. The first-order chi connectivity index (χ1) is 9.43. The summed E-state index contributed by atoms with van der Waals surface area (Å²) in [5.74, 6) is 2.85. The molecule has 0 fully saturated rings. The third-order valence-corrected chi connectivity index (χ3v) is 3.34. The molecule has 2 N–H and O–H groups in total. The molecule has 0 aliphatic rings. The van der Waals surface area contributed by atoms with Crippen molar-refractivity contribution in [2.75, 3.05) is 17.2 Å². The van der Waals surface area contributed by atoms with Gasteiger partial charge in [-0.3, -0.25) is 0 Å². The van der Waals surface area contributed by atoms with Crippen LogP contribution in [-0.4, -0.2) is 22.1 Å². The Kier molecular flexibility index (Phi) is 6.24. The fraction of sp³-hybridized carbons (Fsp3) is 0.750. The molecule has 0 aliphatic heterocycles. The van der Waals surface area contributed by atoms with Gasteiger partial charge in [-0.1, -0.05) is 20.3 Å². The number of hydrogen-bond acceptors (Lipinski definition) is 4. The van der Waals surface area contributed by atoms with Crippen LogP contribution in [0, 0.1) is 6.92 Å². The van der Waals surface area contributed by atoms with Gasteiger partial charge >= 0.3 is 0 Å². The maximum Gasteiger partial charge on any atom is 0.135 e. The lowest BCUT2D eigenvalue weighted by Crippen LogP contribution is -2.31. The minimum atomic E-state index is 0.0564. The summed E-state index contributed by atoms with van der Waals surface area (Å²) in [4.78, 5) is 9.34. The van der Waals surface area contributed by atoms with Crippen LogP contribution in [0.15, 0.2) is 0 Å². The Hall–Kier alpha value is -1.32. The molecule has 1 aromatic rings. The summed E-state index contributed by atoms with van der Waals surface area (Å²) in [7, 11) is 0. The Morgan fingerprint density at radius 1 is 1.00 bits per heavy atom. The van der Waals surface area contributed by atoms with Gasteiger partial charge in [0.2, 0.25) is 0 Å². The number of aryl methyl sites for hydroxylation is 1. The SMILES string of the molecule is CCCc1nc(NCC)c(C)c(NC(C)(C)CCC)n1. The van der Waals surface area contributed by atoms with E-state index in [2.05, 4.69) is 57.2 Å². The molecule has 0 unspecified atom stereocenters. The molecule has 0 atom stereocenters. The molecule has 0 spiro atoms. The fourth-order valence-corrected chi connectivity index (χ4v) is 2.37. The van der Waals surface area contributed by atoms with E-state index >= 15 is 0 Å². The van der Waals surface area contributed by atoms with Crippen molar-refractivity contribution >= 4 is 11.6 Å². The predicted molar refractivity (Wildman–Crippen MR) is 87.5 cm³/mol. The molecule has 1 heterocycles. The number of anilines is 2. The van der Waals surface area contributed by atoms with Crippen LogP contribution in [0.25, 0.3) is 0 Å². The topological polar surface area (TPSA) is 49.8 Å². The first-order valence-electron chi connectivity index (χ1n) is 7.83. The van der Waals surface area contributed by atoms with E-state index in [4.69, 9.17) is 4.98 Å². The van der Waals surface area contributed by atoms with Crippen molar-refractivity contribution in [3.05, 3.63) is 11.4 Å². The van der Waals surface area contributed by atoms with Gasteiger partial charge in [-0.05, 0) is 40.5 Å². The molecule has 0 aliphatic carbocycles. The van der Waals surface area contributed by atoms with E-state index in [-0.39, 0.29) is 5.54 Å². The maximum absolute atomic E-state index is 4.71. The molecule has 20 heavy (non-hydrogen) atoms. The molecule has 0 bridgehead atoms. The lowest BCUT2D eigenvalue weighted by molar-refractivity contribution is 0.508. The van der Waals surface area contributed by atoms with E-state index in [0.29, 0.717) is 0 Å². The van der Waals surface area contributed by atoms with Crippen molar-refractivity contribution in [3.8, 4) is 0 Å². The monoisotopic (exact) mass is 278 g/mol. The van der Waals surface area contributed by atoms with Crippen molar-refractivity contribution < 1.29 is 0 Å². The van der Waals surface area contributed by atoms with Gasteiger partial charge < -0.3 is 10.6 Å². The van der Waals surface area contributed by atoms with Gasteiger partial charge in [0, 0.05) is 24.1 Å². The smallest absolute Gasteiger partial charge is 0.135 e. The van der Waals surface area contributed by atoms with E-state index in [0.717, 1.165) is 55.3 Å². The van der Waals surface area contributed by atoms with E-state index in [1.165, 1.54) is 0 Å². The average Bonchev–Trinajstić information content (AvgIpc) is 2.35.